The molecule has 1 aliphatic rings. The van der Waals surface area contributed by atoms with Gasteiger partial charge in [-0.2, -0.15) is 0 Å². The first-order valence-electron chi connectivity index (χ1n) is 8.96. The van der Waals surface area contributed by atoms with E-state index in [9.17, 15) is 4.79 Å². The number of hydrogen-bond donors (Lipinski definition) is 0. The molecule has 25 heavy (non-hydrogen) atoms. The molecular weight excluding hydrogens is 316 g/mol. The molecule has 1 aromatic carbocycles. The Bertz CT molecular complexity index is 741. The van der Waals surface area contributed by atoms with E-state index in [4.69, 9.17) is 4.74 Å². The van der Waals surface area contributed by atoms with Crippen molar-refractivity contribution < 1.29 is 9.53 Å². The average molecular weight is 342 g/mol. The number of ether oxygens (including phenoxy) is 1. The van der Waals surface area contributed by atoms with E-state index in [0.717, 1.165) is 61.5 Å². The molecule has 1 atom stereocenters. The van der Waals surface area contributed by atoms with Crippen LogP contribution in [0.15, 0.2) is 24.5 Å². The van der Waals surface area contributed by atoms with Crippen LogP contribution in [0.2, 0.25) is 0 Å². The molecule has 1 fully saturated rings. The Morgan fingerprint density at radius 3 is 2.96 bits per heavy atom. The van der Waals surface area contributed by atoms with Gasteiger partial charge in [0.15, 0.2) is 0 Å². The minimum absolute atomic E-state index is 0.125. The van der Waals surface area contributed by atoms with Crippen molar-refractivity contribution in [1.82, 2.24) is 19.7 Å². The van der Waals surface area contributed by atoms with Gasteiger partial charge in [0.1, 0.15) is 17.9 Å². The van der Waals surface area contributed by atoms with Crippen LogP contribution in [-0.2, 0) is 13.0 Å². The summed E-state index contributed by atoms with van der Waals surface area (Å²) in [5.74, 6) is 1.91. The Balaban J connectivity index is 1.69. The van der Waals surface area contributed by atoms with Gasteiger partial charge in [0.05, 0.1) is 7.11 Å². The van der Waals surface area contributed by atoms with Crippen LogP contribution in [0.5, 0.6) is 5.75 Å². The van der Waals surface area contributed by atoms with Crippen molar-refractivity contribution in [2.75, 3.05) is 13.7 Å². The van der Waals surface area contributed by atoms with Gasteiger partial charge in [-0.15, -0.1) is 10.2 Å². The van der Waals surface area contributed by atoms with E-state index in [1.54, 1.807) is 13.4 Å². The molecule has 2 heterocycles. The van der Waals surface area contributed by atoms with Gasteiger partial charge in [0.2, 0.25) is 0 Å². The highest BCUT2D eigenvalue weighted by atomic mass is 16.5. The van der Waals surface area contributed by atoms with Crippen LogP contribution in [0.25, 0.3) is 0 Å². The molecule has 1 aromatic heterocycles. The molecule has 1 amide bonds. The fourth-order valence-corrected chi connectivity index (χ4v) is 3.59. The van der Waals surface area contributed by atoms with Gasteiger partial charge in [0, 0.05) is 31.1 Å². The molecule has 6 nitrogen and oxygen atoms in total. The van der Waals surface area contributed by atoms with Crippen molar-refractivity contribution in [3.05, 3.63) is 41.5 Å². The maximum absolute atomic E-state index is 13.0. The van der Waals surface area contributed by atoms with Crippen LogP contribution in [0.4, 0.5) is 0 Å². The summed E-state index contributed by atoms with van der Waals surface area (Å²) in [6.07, 6.45) is 5.67. The first-order valence-corrected chi connectivity index (χ1v) is 8.96. The van der Waals surface area contributed by atoms with Crippen molar-refractivity contribution in [2.24, 2.45) is 0 Å². The summed E-state index contributed by atoms with van der Waals surface area (Å²) >= 11 is 0. The number of likely N-dealkylation sites (tertiary alicyclic amines) is 1. The van der Waals surface area contributed by atoms with E-state index in [1.165, 1.54) is 0 Å². The zero-order valence-corrected chi connectivity index (χ0v) is 15.2. The molecule has 2 aromatic rings. The van der Waals surface area contributed by atoms with Crippen LogP contribution in [-0.4, -0.2) is 45.3 Å². The van der Waals surface area contributed by atoms with Crippen molar-refractivity contribution in [3.8, 4) is 5.75 Å². The molecule has 0 aliphatic carbocycles. The zero-order chi connectivity index (χ0) is 17.8. The quantitative estimate of drug-likeness (QED) is 0.810. The minimum Gasteiger partial charge on any atom is -0.497 e. The summed E-state index contributed by atoms with van der Waals surface area (Å²) < 4.78 is 7.30. The third-order valence-corrected chi connectivity index (χ3v) is 5.04. The summed E-state index contributed by atoms with van der Waals surface area (Å²) in [6.45, 7) is 5.76. The fraction of sp³-hybridized carbons (Fsp3) is 0.526. The van der Waals surface area contributed by atoms with Gasteiger partial charge in [-0.25, -0.2) is 0 Å². The summed E-state index contributed by atoms with van der Waals surface area (Å²) in [7, 11) is 1.64. The highest BCUT2D eigenvalue weighted by Crippen LogP contribution is 2.26. The molecule has 6 heteroatoms. The number of aryl methyl sites for hydroxylation is 3. The molecule has 0 spiro atoms. The number of methoxy groups -OCH3 is 1. The van der Waals surface area contributed by atoms with Crippen molar-refractivity contribution in [1.29, 1.82) is 0 Å². The second-order valence-corrected chi connectivity index (χ2v) is 6.55. The number of amides is 1. The van der Waals surface area contributed by atoms with Crippen LogP contribution in [0.3, 0.4) is 0 Å². The predicted molar refractivity (Wildman–Crippen MR) is 95.8 cm³/mol. The highest BCUT2D eigenvalue weighted by Gasteiger charge is 2.30. The standard InChI is InChI=1S/C19H26N4O2/c1-4-22-13-20-21-18(22)10-7-15-6-5-11-23(15)19(24)17-9-8-16(25-3)12-14(17)2/h8-9,12-13,15H,4-7,10-11H2,1-3H3. The maximum Gasteiger partial charge on any atom is 0.254 e. The lowest BCUT2D eigenvalue weighted by molar-refractivity contribution is 0.0729. The Labute approximate surface area is 148 Å². The van der Waals surface area contributed by atoms with E-state index >= 15 is 0 Å². The van der Waals surface area contributed by atoms with Gasteiger partial charge in [-0.05, 0) is 56.9 Å². The third-order valence-electron chi connectivity index (χ3n) is 5.04. The number of aromatic nitrogens is 3. The number of hydrogen-bond acceptors (Lipinski definition) is 4. The average Bonchev–Trinajstić information content (AvgIpc) is 3.27. The zero-order valence-electron chi connectivity index (χ0n) is 15.2. The van der Waals surface area contributed by atoms with Gasteiger partial charge >= 0.3 is 0 Å². The Morgan fingerprint density at radius 1 is 1.40 bits per heavy atom. The second kappa shape index (κ2) is 7.68. The van der Waals surface area contributed by atoms with Crippen molar-refractivity contribution >= 4 is 5.91 Å². The monoisotopic (exact) mass is 342 g/mol. The number of carbonyl (C=O) groups excluding carboxylic acids is 1. The number of benzene rings is 1. The summed E-state index contributed by atoms with van der Waals surface area (Å²) in [5, 5.41) is 8.19. The van der Waals surface area contributed by atoms with Gasteiger partial charge in [-0.3, -0.25) is 4.79 Å². The molecule has 0 bridgehead atoms. The molecule has 1 unspecified atom stereocenters. The third kappa shape index (κ3) is 3.67. The first kappa shape index (κ1) is 17.5. The number of nitrogens with zero attached hydrogens (tertiary/aromatic N) is 4. The van der Waals surface area contributed by atoms with Crippen LogP contribution < -0.4 is 4.74 Å². The fourth-order valence-electron chi connectivity index (χ4n) is 3.59. The first-order chi connectivity index (χ1) is 12.1. The van der Waals surface area contributed by atoms with Crippen molar-refractivity contribution in [2.45, 2.75) is 52.1 Å². The molecule has 3 rings (SSSR count). The normalized spacial score (nSPS) is 17.1. The van der Waals surface area contributed by atoms with Crippen LogP contribution in [0, 0.1) is 6.92 Å². The lowest BCUT2D eigenvalue weighted by Crippen LogP contribution is -2.36. The minimum atomic E-state index is 0.125. The molecule has 134 valence electrons. The lowest BCUT2D eigenvalue weighted by atomic mass is 10.0. The Kier molecular flexibility index (Phi) is 5.36. The largest absolute Gasteiger partial charge is 0.497 e. The van der Waals surface area contributed by atoms with Gasteiger partial charge in [-0.1, -0.05) is 0 Å². The summed E-state index contributed by atoms with van der Waals surface area (Å²) in [5.41, 5.74) is 1.73. The molecule has 0 saturated carbocycles. The molecule has 1 saturated heterocycles. The maximum atomic E-state index is 13.0. The molecule has 0 N–H and O–H groups in total. The van der Waals surface area contributed by atoms with E-state index in [0.29, 0.717) is 0 Å². The van der Waals surface area contributed by atoms with E-state index in [2.05, 4.69) is 21.7 Å². The summed E-state index contributed by atoms with van der Waals surface area (Å²) in [6, 6.07) is 5.92. The topological polar surface area (TPSA) is 60.2 Å². The Morgan fingerprint density at radius 2 is 2.24 bits per heavy atom. The van der Waals surface area contributed by atoms with E-state index < -0.39 is 0 Å². The summed E-state index contributed by atoms with van der Waals surface area (Å²) in [4.78, 5) is 15.0. The van der Waals surface area contributed by atoms with Crippen molar-refractivity contribution in [3.63, 3.8) is 0 Å². The van der Waals surface area contributed by atoms with E-state index in [-0.39, 0.29) is 11.9 Å². The van der Waals surface area contributed by atoms with Gasteiger partial charge < -0.3 is 14.2 Å². The number of carbonyl (C=O) groups is 1. The van der Waals surface area contributed by atoms with Crippen LogP contribution >= 0.6 is 0 Å². The molecule has 0 radical (unpaired) electrons. The number of rotatable bonds is 6. The second-order valence-electron chi connectivity index (χ2n) is 6.55. The molecular formula is C19H26N4O2. The van der Waals surface area contributed by atoms with Crippen LogP contribution in [0.1, 0.15) is 47.9 Å². The smallest absolute Gasteiger partial charge is 0.254 e. The highest BCUT2D eigenvalue weighted by molar-refractivity contribution is 5.96. The molecule has 1 aliphatic heterocycles. The predicted octanol–water partition coefficient (Wildman–Crippen LogP) is 2.85. The lowest BCUT2D eigenvalue weighted by Gasteiger charge is -2.25. The SMILES string of the molecule is CCn1cnnc1CCC1CCCN1C(=O)c1ccc(OC)cc1C. The Hall–Kier alpha value is -2.37. The van der Waals surface area contributed by atoms with E-state index in [1.807, 2.05) is 30.0 Å². The van der Waals surface area contributed by atoms with Gasteiger partial charge in [0.25, 0.3) is 5.91 Å².